The van der Waals surface area contributed by atoms with Crippen LogP contribution in [0.25, 0.3) is 0 Å². The van der Waals surface area contributed by atoms with Crippen molar-refractivity contribution in [3.63, 3.8) is 0 Å². The highest BCUT2D eigenvalue weighted by Crippen LogP contribution is 2.59. The summed E-state index contributed by atoms with van der Waals surface area (Å²) in [5.74, 6) is 2.33. The van der Waals surface area contributed by atoms with Crippen molar-refractivity contribution in [2.24, 2.45) is 28.6 Å². The van der Waals surface area contributed by atoms with E-state index in [1.165, 1.54) is 25.7 Å². The van der Waals surface area contributed by atoms with Gasteiger partial charge in [0.05, 0.1) is 0 Å². The van der Waals surface area contributed by atoms with E-state index in [1.807, 2.05) is 0 Å². The van der Waals surface area contributed by atoms with Crippen LogP contribution in [-0.4, -0.2) is 0 Å². The molecule has 128 valence electrons. The Kier molecular flexibility index (Phi) is 3.79. The molecule has 0 radical (unpaired) electrons. The van der Waals surface area contributed by atoms with Crippen LogP contribution in [0.1, 0.15) is 59.8 Å². The van der Waals surface area contributed by atoms with Gasteiger partial charge in [-0.05, 0) is 62.4 Å². The highest BCUT2D eigenvalue weighted by molar-refractivity contribution is 5.44. The molecule has 24 heavy (non-hydrogen) atoms. The SMILES string of the molecule is CC1=C(C)C(C)(C2=CCC(C)(C3C=CC=C3)C=C2)C2CCCC2C1. The first-order valence-electron chi connectivity index (χ1n) is 9.87. The molecule has 0 spiro atoms. The fourth-order valence-electron chi connectivity index (χ4n) is 5.99. The zero-order chi connectivity index (χ0) is 16.9. The molecule has 1 saturated carbocycles. The second-order valence-corrected chi connectivity index (χ2v) is 9.11. The molecule has 0 aliphatic heterocycles. The zero-order valence-electron chi connectivity index (χ0n) is 15.8. The first-order chi connectivity index (χ1) is 11.4. The van der Waals surface area contributed by atoms with Crippen molar-refractivity contribution in [1.82, 2.24) is 0 Å². The van der Waals surface area contributed by atoms with Crippen LogP contribution in [0.3, 0.4) is 0 Å². The maximum atomic E-state index is 2.58. The number of rotatable bonds is 2. The lowest BCUT2D eigenvalue weighted by Gasteiger charge is -2.47. The van der Waals surface area contributed by atoms with Crippen molar-refractivity contribution in [1.29, 1.82) is 0 Å². The number of hydrogen-bond donors (Lipinski definition) is 0. The van der Waals surface area contributed by atoms with Crippen LogP contribution >= 0.6 is 0 Å². The molecule has 0 nitrogen and oxygen atoms in total. The van der Waals surface area contributed by atoms with Crippen LogP contribution in [0.5, 0.6) is 0 Å². The van der Waals surface area contributed by atoms with E-state index in [4.69, 9.17) is 0 Å². The van der Waals surface area contributed by atoms with Gasteiger partial charge in [-0.25, -0.2) is 0 Å². The lowest BCUT2D eigenvalue weighted by Crippen LogP contribution is -2.38. The molecule has 0 aromatic rings. The first kappa shape index (κ1) is 16.2. The second kappa shape index (κ2) is 5.61. The van der Waals surface area contributed by atoms with Gasteiger partial charge in [0.25, 0.3) is 0 Å². The lowest BCUT2D eigenvalue weighted by atomic mass is 9.56. The second-order valence-electron chi connectivity index (χ2n) is 9.11. The Morgan fingerprint density at radius 3 is 2.46 bits per heavy atom. The van der Waals surface area contributed by atoms with Crippen LogP contribution in [0.4, 0.5) is 0 Å². The normalized spacial score (nSPS) is 41.9. The minimum absolute atomic E-state index is 0.250. The van der Waals surface area contributed by atoms with Gasteiger partial charge in [0.15, 0.2) is 0 Å². The van der Waals surface area contributed by atoms with Gasteiger partial charge in [-0.1, -0.05) is 73.9 Å². The lowest BCUT2D eigenvalue weighted by molar-refractivity contribution is 0.201. The van der Waals surface area contributed by atoms with E-state index in [1.54, 1.807) is 16.7 Å². The summed E-state index contributed by atoms with van der Waals surface area (Å²) in [6.07, 6.45) is 23.5. The van der Waals surface area contributed by atoms with Gasteiger partial charge < -0.3 is 0 Å². The van der Waals surface area contributed by atoms with E-state index in [2.05, 4.69) is 70.2 Å². The van der Waals surface area contributed by atoms with E-state index in [0.717, 1.165) is 18.3 Å². The molecule has 0 N–H and O–H groups in total. The minimum atomic E-state index is 0.250. The minimum Gasteiger partial charge on any atom is -0.0795 e. The summed E-state index contributed by atoms with van der Waals surface area (Å²) < 4.78 is 0. The van der Waals surface area contributed by atoms with Gasteiger partial charge in [-0.2, -0.15) is 0 Å². The van der Waals surface area contributed by atoms with Crippen LogP contribution in [0.15, 0.2) is 59.3 Å². The maximum absolute atomic E-state index is 2.58. The van der Waals surface area contributed by atoms with Gasteiger partial charge in [-0.15, -0.1) is 0 Å². The van der Waals surface area contributed by atoms with Crippen molar-refractivity contribution in [2.75, 3.05) is 0 Å². The Morgan fingerprint density at radius 2 is 1.79 bits per heavy atom. The van der Waals surface area contributed by atoms with Crippen molar-refractivity contribution in [2.45, 2.75) is 59.8 Å². The van der Waals surface area contributed by atoms with Crippen LogP contribution in [-0.2, 0) is 0 Å². The van der Waals surface area contributed by atoms with Crippen molar-refractivity contribution in [3.8, 4) is 0 Å². The smallest absolute Gasteiger partial charge is 0.0161 e. The largest absolute Gasteiger partial charge is 0.0795 e. The number of hydrogen-bond acceptors (Lipinski definition) is 0. The molecule has 4 unspecified atom stereocenters. The third-order valence-corrected chi connectivity index (χ3v) is 7.90. The average molecular weight is 321 g/mol. The average Bonchev–Trinajstić information content (AvgIpc) is 3.25. The highest BCUT2D eigenvalue weighted by atomic mass is 14.5. The molecule has 0 heterocycles. The Hall–Kier alpha value is -1.30. The Morgan fingerprint density at radius 1 is 1.04 bits per heavy atom. The summed E-state index contributed by atoms with van der Waals surface area (Å²) >= 11 is 0. The Balaban J connectivity index is 1.67. The molecular formula is C24H32. The van der Waals surface area contributed by atoms with E-state index in [0.29, 0.717) is 5.92 Å². The van der Waals surface area contributed by atoms with E-state index in [-0.39, 0.29) is 10.8 Å². The number of fused-ring (bicyclic) bond motifs is 1. The molecule has 4 aliphatic rings. The van der Waals surface area contributed by atoms with Crippen molar-refractivity contribution in [3.05, 3.63) is 59.3 Å². The molecule has 0 saturated heterocycles. The summed E-state index contributed by atoms with van der Waals surface area (Å²) in [6.45, 7) is 9.75. The van der Waals surface area contributed by atoms with E-state index >= 15 is 0 Å². The Labute approximate surface area is 148 Å². The molecule has 0 heteroatoms. The van der Waals surface area contributed by atoms with Crippen molar-refractivity contribution < 1.29 is 0 Å². The monoisotopic (exact) mass is 320 g/mol. The third kappa shape index (κ3) is 2.25. The van der Waals surface area contributed by atoms with Crippen LogP contribution in [0, 0.1) is 28.6 Å². The van der Waals surface area contributed by atoms with Gasteiger partial charge >= 0.3 is 0 Å². The summed E-state index contributed by atoms with van der Waals surface area (Å²) in [5, 5.41) is 0. The van der Waals surface area contributed by atoms with Gasteiger partial charge in [0.1, 0.15) is 0 Å². The summed E-state index contributed by atoms with van der Waals surface area (Å²) in [4.78, 5) is 0. The predicted octanol–water partition coefficient (Wildman–Crippen LogP) is 6.78. The topological polar surface area (TPSA) is 0 Å². The van der Waals surface area contributed by atoms with Crippen LogP contribution in [0.2, 0.25) is 0 Å². The van der Waals surface area contributed by atoms with Gasteiger partial charge in [0.2, 0.25) is 0 Å². The molecule has 4 aliphatic carbocycles. The molecule has 4 atom stereocenters. The van der Waals surface area contributed by atoms with Crippen molar-refractivity contribution >= 4 is 0 Å². The van der Waals surface area contributed by atoms with E-state index in [9.17, 15) is 0 Å². The predicted molar refractivity (Wildman–Crippen MR) is 104 cm³/mol. The fourth-order valence-corrected chi connectivity index (χ4v) is 5.99. The molecule has 0 aromatic heterocycles. The highest BCUT2D eigenvalue weighted by Gasteiger charge is 2.48. The molecule has 4 rings (SSSR count). The molecule has 0 amide bonds. The van der Waals surface area contributed by atoms with Crippen LogP contribution < -0.4 is 0 Å². The zero-order valence-corrected chi connectivity index (χ0v) is 15.8. The van der Waals surface area contributed by atoms with E-state index < -0.39 is 0 Å². The molecule has 0 bridgehead atoms. The molecule has 0 aromatic carbocycles. The standard InChI is InChI=1S/C24H32/c1-17-16-19-8-7-11-22(19)24(4,18(17)2)21-12-14-23(3,15-13-21)20-9-5-6-10-20/h5-6,9-10,12-14,19-20,22H,7-8,11,15-16H2,1-4H3. The maximum Gasteiger partial charge on any atom is 0.0161 e. The summed E-state index contributed by atoms with van der Waals surface area (Å²) in [6, 6.07) is 0. The quantitative estimate of drug-likeness (QED) is 0.492. The summed E-state index contributed by atoms with van der Waals surface area (Å²) in [7, 11) is 0. The van der Waals surface area contributed by atoms with Gasteiger partial charge in [-0.3, -0.25) is 0 Å². The van der Waals surface area contributed by atoms with Gasteiger partial charge in [0, 0.05) is 11.3 Å². The molecular weight excluding hydrogens is 288 g/mol. The number of allylic oxidation sites excluding steroid dienone is 10. The third-order valence-electron chi connectivity index (χ3n) is 7.90. The Bertz CT molecular complexity index is 671. The molecule has 1 fully saturated rings. The summed E-state index contributed by atoms with van der Waals surface area (Å²) in [5.41, 5.74) is 5.43. The fraction of sp³-hybridized carbons (Fsp3) is 0.583. The first-order valence-corrected chi connectivity index (χ1v) is 9.87.